The lowest BCUT2D eigenvalue weighted by molar-refractivity contribution is 0.669. The summed E-state index contributed by atoms with van der Waals surface area (Å²) >= 11 is 0. The molecule has 0 bridgehead atoms. The minimum atomic E-state index is 0.627. The van der Waals surface area contributed by atoms with Crippen LogP contribution < -0.4 is 0 Å². The lowest BCUT2D eigenvalue weighted by Gasteiger charge is -2.11. The molecule has 6 aromatic heterocycles. The molecule has 0 aliphatic rings. The first-order valence-corrected chi connectivity index (χ1v) is 41.9. The van der Waals surface area contributed by atoms with E-state index in [2.05, 4.69) is 297 Å². The quantitative estimate of drug-likeness (QED) is 0.0952. The van der Waals surface area contributed by atoms with Crippen molar-refractivity contribution in [1.29, 1.82) is 0 Å². The molecule has 126 heavy (non-hydrogen) atoms. The summed E-state index contributed by atoms with van der Waals surface area (Å²) in [5.41, 5.74) is 33.6. The highest BCUT2D eigenvalue weighted by Gasteiger charge is 2.20. The van der Waals surface area contributed by atoms with Crippen molar-refractivity contribution in [3.63, 3.8) is 0 Å². The Bertz CT molecular complexity index is 8240. The van der Waals surface area contributed by atoms with Crippen LogP contribution >= 0.6 is 0 Å². The number of aromatic nitrogens is 10. The summed E-state index contributed by atoms with van der Waals surface area (Å²) in [6.45, 7) is 0. The van der Waals surface area contributed by atoms with Crippen LogP contribution in [-0.4, -0.2) is 49.8 Å². The van der Waals surface area contributed by atoms with Crippen LogP contribution in [0.5, 0.6) is 0 Å². The largest absolute Gasteiger partial charge is 0.456 e. The Morgan fingerprint density at radius 1 is 0.127 bits per heavy atom. The second kappa shape index (κ2) is 31.7. The second-order valence-electron chi connectivity index (χ2n) is 31.4. The number of hydrogen-bond donors (Lipinski definition) is 0. The molecule has 0 atom stereocenters. The fourth-order valence-corrected chi connectivity index (χ4v) is 16.9. The molecule has 0 fully saturated rings. The lowest BCUT2D eigenvalue weighted by atomic mass is 9.96. The first-order chi connectivity index (χ1) is 62.3. The van der Waals surface area contributed by atoms with Gasteiger partial charge in [0.2, 0.25) is 0 Å². The van der Waals surface area contributed by atoms with Crippen molar-refractivity contribution in [2.24, 2.45) is 0 Å². The average Bonchev–Trinajstić information content (AvgIpc) is 1.56. The van der Waals surface area contributed by atoms with E-state index in [-0.39, 0.29) is 0 Å². The molecule has 0 saturated heterocycles. The van der Waals surface area contributed by atoms with Crippen molar-refractivity contribution in [2.45, 2.75) is 0 Å². The summed E-state index contributed by atoms with van der Waals surface area (Å²) in [5, 5.41) is 4.26. The highest BCUT2D eigenvalue weighted by molar-refractivity contribution is 6.11. The Labute approximate surface area is 724 Å². The van der Waals surface area contributed by atoms with Crippen molar-refractivity contribution in [3.8, 4) is 157 Å². The summed E-state index contributed by atoms with van der Waals surface area (Å²) in [6, 6.07) is 146. The molecule has 0 aliphatic heterocycles. The highest BCUT2D eigenvalue weighted by atomic mass is 16.3. The molecule has 0 unspecified atom stereocenters. The van der Waals surface area contributed by atoms with Crippen molar-refractivity contribution in [2.75, 3.05) is 0 Å². The van der Waals surface area contributed by atoms with E-state index < -0.39 is 0 Å². The predicted molar refractivity (Wildman–Crippen MR) is 512 cm³/mol. The summed E-state index contributed by atoms with van der Waals surface area (Å²) < 4.78 is 12.3. The number of rotatable bonds is 14. The van der Waals surface area contributed by atoms with Crippen LogP contribution in [0.3, 0.4) is 0 Å². The third kappa shape index (κ3) is 14.4. The molecule has 12 nitrogen and oxygen atoms in total. The second-order valence-corrected chi connectivity index (χ2v) is 31.4. The van der Waals surface area contributed by atoms with Gasteiger partial charge in [0.1, 0.15) is 22.3 Å². The van der Waals surface area contributed by atoms with Crippen molar-refractivity contribution in [1.82, 2.24) is 49.8 Å². The molecule has 0 aliphatic carbocycles. The molecule has 0 saturated carbocycles. The van der Waals surface area contributed by atoms with Gasteiger partial charge in [-0.2, -0.15) is 0 Å². The Hall–Kier alpha value is -17.2. The van der Waals surface area contributed by atoms with E-state index in [1.807, 2.05) is 127 Å². The number of furan rings is 2. The number of hydrogen-bond acceptors (Lipinski definition) is 12. The fourth-order valence-electron chi connectivity index (χ4n) is 16.9. The van der Waals surface area contributed by atoms with E-state index in [1.54, 1.807) is 0 Å². The smallest absolute Gasteiger partial charge is 0.164 e. The maximum absolute atomic E-state index is 6.15. The summed E-state index contributed by atoms with van der Waals surface area (Å²) in [6.07, 6.45) is 0. The van der Waals surface area contributed by atoms with Gasteiger partial charge in [-0.3, -0.25) is 0 Å². The zero-order chi connectivity index (χ0) is 83.4. The van der Waals surface area contributed by atoms with Gasteiger partial charge in [0.15, 0.2) is 34.9 Å². The fraction of sp³-hybridized carbons (Fsp3) is 0. The summed E-state index contributed by atoms with van der Waals surface area (Å²) in [7, 11) is 0. The van der Waals surface area contributed by atoms with E-state index >= 15 is 0 Å². The van der Waals surface area contributed by atoms with Crippen LogP contribution in [0.25, 0.3) is 245 Å². The molecule has 18 aromatic carbocycles. The Morgan fingerprint density at radius 2 is 0.381 bits per heavy atom. The molecule has 6 heterocycles. The van der Waals surface area contributed by atoms with E-state index in [4.69, 9.17) is 58.7 Å². The standard InChI is InChI=1S/2C57H35N5O/c1-3-11-36(12-4-1)37-25-29-42(30-26-37)56-60-55(41-13-5-2-6-14-41)61-57(62-56)43-31-27-39(28-32-43)38-21-23-40(24-22-38)44-15-9-16-45(33-44)46-18-10-19-49-54(46)59-50-34-48-47-17-7-8-20-52(47)63-53(48)35-51(50)58-49;1-3-10-36(11-4-1)37-22-26-42(27-23-37)56-60-55(41-12-5-2-6-13-41)61-57(62-56)43-28-24-39(25-29-43)38-18-20-40(21-19-38)44-14-9-15-45(32-44)46-30-31-49-50(33-46)59-52-35-54-48(34-51(52)58-49)47-16-7-8-17-53(47)63-54/h2*1-35H. The molecule has 12 heteroatoms. The van der Waals surface area contributed by atoms with Crippen LogP contribution in [0, 0.1) is 0 Å². The predicted octanol–water partition coefficient (Wildman–Crippen LogP) is 29.1. The zero-order valence-electron chi connectivity index (χ0n) is 67.7. The third-order valence-corrected chi connectivity index (χ3v) is 23.5. The van der Waals surface area contributed by atoms with E-state index in [0.29, 0.717) is 34.9 Å². The minimum absolute atomic E-state index is 0.627. The van der Waals surface area contributed by atoms with Gasteiger partial charge in [-0.05, 0) is 138 Å². The van der Waals surface area contributed by atoms with Crippen LogP contribution in [0.15, 0.2) is 433 Å². The number of nitrogens with zero attached hydrogens (tertiary/aromatic N) is 10. The first-order valence-electron chi connectivity index (χ1n) is 41.9. The van der Waals surface area contributed by atoms with Gasteiger partial charge >= 0.3 is 0 Å². The maximum atomic E-state index is 6.15. The van der Waals surface area contributed by atoms with Crippen LogP contribution in [0.1, 0.15) is 0 Å². The molecule has 0 amide bonds. The molecule has 0 N–H and O–H groups in total. The highest BCUT2D eigenvalue weighted by Crippen LogP contribution is 2.40. The summed E-state index contributed by atoms with van der Waals surface area (Å²) in [4.78, 5) is 50.0. The van der Waals surface area contributed by atoms with Gasteiger partial charge < -0.3 is 8.83 Å². The number of para-hydroxylation sites is 3. The van der Waals surface area contributed by atoms with Crippen LogP contribution in [0.2, 0.25) is 0 Å². The molecule has 0 radical (unpaired) electrons. The molecule has 24 rings (SSSR count). The first kappa shape index (κ1) is 73.9. The topological polar surface area (TPSA) is 155 Å². The van der Waals surface area contributed by atoms with E-state index in [1.165, 1.54) is 11.1 Å². The minimum Gasteiger partial charge on any atom is -0.456 e. The van der Waals surface area contributed by atoms with E-state index in [0.717, 1.165) is 199 Å². The van der Waals surface area contributed by atoms with Gasteiger partial charge in [-0.25, -0.2) is 49.8 Å². The van der Waals surface area contributed by atoms with Gasteiger partial charge in [-0.1, -0.05) is 358 Å². The molecular formula is C114H70N10O2. The zero-order valence-corrected chi connectivity index (χ0v) is 67.7. The van der Waals surface area contributed by atoms with Gasteiger partial charge in [0.25, 0.3) is 0 Å². The molecule has 0 spiro atoms. The van der Waals surface area contributed by atoms with Crippen molar-refractivity contribution < 1.29 is 8.83 Å². The third-order valence-electron chi connectivity index (χ3n) is 23.5. The summed E-state index contributed by atoms with van der Waals surface area (Å²) in [5.74, 6) is 3.80. The van der Waals surface area contributed by atoms with Gasteiger partial charge in [-0.15, -0.1) is 0 Å². The number of benzene rings is 18. The van der Waals surface area contributed by atoms with Crippen molar-refractivity contribution in [3.05, 3.63) is 425 Å². The average molecular weight is 1610 g/mol. The Kier molecular flexibility index (Phi) is 18.6. The van der Waals surface area contributed by atoms with Gasteiger partial charge in [0, 0.05) is 72.6 Å². The normalized spacial score (nSPS) is 11.5. The van der Waals surface area contributed by atoms with Crippen LogP contribution in [-0.2, 0) is 0 Å². The maximum Gasteiger partial charge on any atom is 0.164 e. The molecule has 24 aromatic rings. The molecular weight excluding hydrogens is 1540 g/mol. The van der Waals surface area contributed by atoms with Gasteiger partial charge in [0.05, 0.1) is 44.1 Å². The SMILES string of the molecule is c1ccc(-c2ccc(-c3nc(-c4ccccc4)nc(-c4ccc(-c5ccc(-c6cccc(-c7ccc8nc9cc%10c(cc9nc8c7)oc7ccccc7%10)c6)cc5)cc4)n3)cc2)cc1.c1ccc(-c2ccc(-c3nc(-c4ccccc4)nc(-c4ccc(-c5ccc(-c6cccc(-c7cccc8nc9cc%10oc%11ccccc%11c%10cc9nc78)c6)cc5)cc4)n3)cc2)cc1. The van der Waals surface area contributed by atoms with E-state index in [9.17, 15) is 0 Å². The molecule has 588 valence electrons. The van der Waals surface area contributed by atoms with Crippen LogP contribution in [0.4, 0.5) is 0 Å². The Balaban J connectivity index is 0.000000145. The van der Waals surface area contributed by atoms with Crippen molar-refractivity contribution >= 4 is 88.0 Å². The Morgan fingerprint density at radius 3 is 0.786 bits per heavy atom. The monoisotopic (exact) mass is 1610 g/mol. The lowest BCUT2D eigenvalue weighted by Crippen LogP contribution is -2.00. The number of fused-ring (bicyclic) bond motifs is 10.